The molecule has 0 saturated carbocycles. The molecule has 4 aromatic carbocycles. The Morgan fingerprint density at radius 3 is 1.95 bits per heavy atom. The quantitative estimate of drug-likeness (QED) is 0.0150. The van der Waals surface area contributed by atoms with Gasteiger partial charge in [0, 0.05) is 24.4 Å². The van der Waals surface area contributed by atoms with Crippen LogP contribution in [-0.4, -0.2) is 70.9 Å². The first-order valence-corrected chi connectivity index (χ1v) is 21.6. The topological polar surface area (TPSA) is 121 Å². The smallest absolute Gasteiger partial charge is 0.343 e. The lowest BCUT2D eigenvalue weighted by molar-refractivity contribution is -0.217. The average molecular weight is 823 g/mol. The fraction of sp³-hybridized carbons (Fsp3) is 0.469. The van der Waals surface area contributed by atoms with E-state index >= 15 is 0 Å². The number of hydrogen-bond acceptors (Lipinski definition) is 11. The van der Waals surface area contributed by atoms with Gasteiger partial charge in [0.25, 0.3) is 0 Å². The van der Waals surface area contributed by atoms with Gasteiger partial charge in [0.1, 0.15) is 36.6 Å². The van der Waals surface area contributed by atoms with Gasteiger partial charge in [-0.05, 0) is 133 Å². The number of rotatable bonds is 26. The van der Waals surface area contributed by atoms with Crippen molar-refractivity contribution in [3.05, 3.63) is 107 Å². The van der Waals surface area contributed by atoms with Crippen LogP contribution >= 0.6 is 0 Å². The molecule has 11 nitrogen and oxygen atoms in total. The van der Waals surface area contributed by atoms with E-state index in [1.165, 1.54) is 0 Å². The molecule has 2 atom stereocenters. The highest BCUT2D eigenvalue weighted by Crippen LogP contribution is 2.47. The normalized spacial score (nSPS) is 16.9. The number of unbranched alkanes of at least 4 members (excludes halogenated alkanes) is 5. The second-order valence-electron chi connectivity index (χ2n) is 16.1. The van der Waals surface area contributed by atoms with Gasteiger partial charge in [-0.25, -0.2) is 4.79 Å². The average Bonchev–Trinajstić information content (AvgIpc) is 4.05. The third kappa shape index (κ3) is 12.3. The van der Waals surface area contributed by atoms with Gasteiger partial charge in [-0.15, -0.1) is 0 Å². The minimum atomic E-state index is -0.441. The second-order valence-corrected chi connectivity index (χ2v) is 16.1. The van der Waals surface area contributed by atoms with Crippen molar-refractivity contribution in [3.63, 3.8) is 0 Å². The van der Waals surface area contributed by atoms with Crippen LogP contribution in [0.1, 0.15) is 105 Å². The molecule has 0 bridgehead atoms. The molecule has 0 aromatic heterocycles. The van der Waals surface area contributed by atoms with Crippen LogP contribution in [0.5, 0.6) is 23.0 Å². The number of esters is 2. The maximum atomic E-state index is 13.0. The fourth-order valence-electron chi connectivity index (χ4n) is 7.35. The first kappa shape index (κ1) is 43.2. The number of carbonyl (C=O) groups excluding carboxylic acids is 2. The molecule has 3 aliphatic rings. The summed E-state index contributed by atoms with van der Waals surface area (Å²) in [6, 6.07) is 26.6. The third-order valence-electron chi connectivity index (χ3n) is 11.4. The van der Waals surface area contributed by atoms with Crippen molar-refractivity contribution < 1.29 is 52.5 Å². The molecule has 2 fully saturated rings. The van der Waals surface area contributed by atoms with Crippen molar-refractivity contribution in [2.45, 2.75) is 90.3 Å². The zero-order valence-corrected chi connectivity index (χ0v) is 35.0. The number of hydrogen-bond donors (Lipinski definition) is 0. The molecular formula is C49H58O11. The van der Waals surface area contributed by atoms with Crippen molar-refractivity contribution in [1.29, 1.82) is 0 Å². The van der Waals surface area contributed by atoms with Crippen molar-refractivity contribution in [2.75, 3.05) is 52.9 Å². The van der Waals surface area contributed by atoms with Crippen LogP contribution in [0.4, 0.5) is 0 Å². The van der Waals surface area contributed by atoms with Crippen molar-refractivity contribution in [3.8, 4) is 34.1 Å². The first-order chi connectivity index (χ1) is 29.4. The number of fused-ring (bicyclic) bond motifs is 3. The lowest BCUT2D eigenvalue weighted by Gasteiger charge is -2.40. The van der Waals surface area contributed by atoms with E-state index in [1.54, 1.807) is 24.3 Å². The molecule has 320 valence electrons. The summed E-state index contributed by atoms with van der Waals surface area (Å²) in [6.07, 6.45) is 8.38. The lowest BCUT2D eigenvalue weighted by Crippen LogP contribution is -2.45. The summed E-state index contributed by atoms with van der Waals surface area (Å²) in [5.74, 6) is 2.06. The molecule has 2 unspecified atom stereocenters. The van der Waals surface area contributed by atoms with Gasteiger partial charge in [-0.2, -0.15) is 4.89 Å². The van der Waals surface area contributed by atoms with Crippen molar-refractivity contribution in [1.82, 2.24) is 0 Å². The van der Waals surface area contributed by atoms with Gasteiger partial charge in [0.15, 0.2) is 5.75 Å². The molecule has 2 aliphatic heterocycles. The van der Waals surface area contributed by atoms with Crippen LogP contribution in [0.2, 0.25) is 0 Å². The molecule has 0 N–H and O–H groups in total. The number of carbonyl (C=O) groups is 2. The Balaban J connectivity index is 0.774. The van der Waals surface area contributed by atoms with Crippen LogP contribution in [0.25, 0.3) is 11.1 Å². The van der Waals surface area contributed by atoms with Gasteiger partial charge >= 0.3 is 11.9 Å². The van der Waals surface area contributed by atoms with Gasteiger partial charge in [0.05, 0.1) is 45.2 Å². The van der Waals surface area contributed by atoms with E-state index in [9.17, 15) is 9.59 Å². The summed E-state index contributed by atoms with van der Waals surface area (Å²) in [5.41, 5.74) is 6.08. The van der Waals surface area contributed by atoms with E-state index in [-0.39, 0.29) is 23.4 Å². The van der Waals surface area contributed by atoms with E-state index < -0.39 is 5.97 Å². The lowest BCUT2D eigenvalue weighted by atomic mass is 9.84. The van der Waals surface area contributed by atoms with Crippen LogP contribution in [-0.2, 0) is 35.2 Å². The maximum Gasteiger partial charge on any atom is 0.343 e. The molecule has 1 aliphatic carbocycles. The summed E-state index contributed by atoms with van der Waals surface area (Å²) >= 11 is 0. The predicted molar refractivity (Wildman–Crippen MR) is 226 cm³/mol. The number of benzene rings is 4. The highest BCUT2D eigenvalue weighted by Gasteiger charge is 2.37. The van der Waals surface area contributed by atoms with Gasteiger partial charge in [-0.1, -0.05) is 44.5 Å². The molecule has 11 heteroatoms. The van der Waals surface area contributed by atoms with Gasteiger partial charge < -0.3 is 38.0 Å². The largest absolute Gasteiger partial charge is 0.494 e. The molecule has 7 rings (SSSR count). The first-order valence-electron chi connectivity index (χ1n) is 21.6. The Labute approximate surface area is 353 Å². The number of ether oxygens (including phenoxy) is 7. The second kappa shape index (κ2) is 21.5. The van der Waals surface area contributed by atoms with Crippen molar-refractivity contribution in [2.24, 2.45) is 5.41 Å². The maximum absolute atomic E-state index is 13.0. The molecule has 60 heavy (non-hydrogen) atoms. The van der Waals surface area contributed by atoms with Gasteiger partial charge in [0.2, 0.25) is 0 Å². The van der Waals surface area contributed by atoms with Gasteiger partial charge in [-0.3, -0.25) is 4.79 Å². The molecule has 4 aromatic rings. The minimum Gasteiger partial charge on any atom is -0.494 e. The summed E-state index contributed by atoms with van der Waals surface area (Å²) in [5, 5.41) is 0. The van der Waals surface area contributed by atoms with E-state index in [0.717, 1.165) is 111 Å². The molecular weight excluding hydrogens is 765 g/mol. The SMILES string of the molecule is CCC1(COCCCCCCOc2ccc(COOc3ccc4c(c3)C(C)c3cc(OC(=O)c5ccc(OCCCCCC(=O)OCC6CO6)cc5)ccc3-4)cc2)COC1. The monoisotopic (exact) mass is 822 g/mol. The van der Waals surface area contributed by atoms with Crippen LogP contribution in [0.3, 0.4) is 0 Å². The van der Waals surface area contributed by atoms with Crippen molar-refractivity contribution >= 4 is 11.9 Å². The summed E-state index contributed by atoms with van der Waals surface area (Å²) in [7, 11) is 0. The highest BCUT2D eigenvalue weighted by atomic mass is 17.2. The minimum absolute atomic E-state index is 0.0671. The molecule has 0 amide bonds. The van der Waals surface area contributed by atoms with Crippen LogP contribution in [0.15, 0.2) is 84.9 Å². The van der Waals surface area contributed by atoms with Crippen LogP contribution < -0.4 is 19.1 Å². The molecule has 2 saturated heterocycles. The zero-order chi connectivity index (χ0) is 41.6. The molecule has 0 radical (unpaired) electrons. The summed E-state index contributed by atoms with van der Waals surface area (Å²) in [4.78, 5) is 36.1. The van der Waals surface area contributed by atoms with E-state index in [1.807, 2.05) is 60.7 Å². The Morgan fingerprint density at radius 1 is 0.717 bits per heavy atom. The third-order valence-corrected chi connectivity index (χ3v) is 11.4. The summed E-state index contributed by atoms with van der Waals surface area (Å²) in [6.45, 7) is 10.2. The predicted octanol–water partition coefficient (Wildman–Crippen LogP) is 9.81. The van der Waals surface area contributed by atoms with Crippen LogP contribution in [0, 0.1) is 5.41 Å². The molecule has 2 heterocycles. The van der Waals surface area contributed by atoms with E-state index in [0.29, 0.717) is 62.3 Å². The van der Waals surface area contributed by atoms with E-state index in [4.69, 9.17) is 42.9 Å². The Kier molecular flexibility index (Phi) is 15.5. The summed E-state index contributed by atoms with van der Waals surface area (Å²) < 4.78 is 39.0. The Morgan fingerprint density at radius 2 is 1.32 bits per heavy atom. The highest BCUT2D eigenvalue weighted by molar-refractivity contribution is 5.91. The molecule has 0 spiro atoms. The number of epoxide rings is 1. The standard InChI is InChI=1S/C49H58O11/c1-3-49(33-53-34-49)32-52-24-8-4-5-9-25-54-38-16-12-36(13-17-38)29-58-60-41-21-23-44-43-22-20-40(27-45(43)35(2)46(44)28-41)59-48(51)37-14-18-39(19-15-37)55-26-10-6-7-11-47(50)57-31-42-30-56-42/h12-23,27-28,35,42H,3-11,24-26,29-34H2,1-2H3. The fourth-order valence-corrected chi connectivity index (χ4v) is 7.35. The van der Waals surface area contributed by atoms with E-state index in [2.05, 4.69) is 13.8 Å². The zero-order valence-electron chi connectivity index (χ0n) is 35.0. The Hall–Kier alpha value is -4.94. The Bertz CT molecular complexity index is 1980.